The molecular weight excluding hydrogens is 270 g/mol. The van der Waals surface area contributed by atoms with Crippen LogP contribution in [0.4, 0.5) is 0 Å². The Hall–Kier alpha value is -1.65. The SMILES string of the molecule is CC(C)(CNCc1ccsc1C(=O)O)c1ccccc1. The largest absolute Gasteiger partial charge is 0.477 e. The zero-order valence-electron chi connectivity index (χ0n) is 11.7. The molecule has 0 fully saturated rings. The molecule has 4 heteroatoms. The van der Waals surface area contributed by atoms with Crippen molar-refractivity contribution in [2.75, 3.05) is 6.54 Å². The molecule has 106 valence electrons. The molecule has 0 saturated carbocycles. The Bertz CT molecular complexity index is 575. The summed E-state index contributed by atoms with van der Waals surface area (Å²) < 4.78 is 0. The highest BCUT2D eigenvalue weighted by molar-refractivity contribution is 7.12. The van der Waals surface area contributed by atoms with E-state index in [4.69, 9.17) is 5.11 Å². The van der Waals surface area contributed by atoms with E-state index in [2.05, 4.69) is 31.3 Å². The van der Waals surface area contributed by atoms with E-state index >= 15 is 0 Å². The molecule has 0 aliphatic carbocycles. The molecule has 20 heavy (non-hydrogen) atoms. The van der Waals surface area contributed by atoms with Crippen LogP contribution < -0.4 is 5.32 Å². The van der Waals surface area contributed by atoms with E-state index < -0.39 is 5.97 Å². The summed E-state index contributed by atoms with van der Waals surface area (Å²) in [6.07, 6.45) is 0. The van der Waals surface area contributed by atoms with E-state index in [1.54, 1.807) is 0 Å². The number of aromatic carboxylic acids is 1. The highest BCUT2D eigenvalue weighted by Crippen LogP contribution is 2.22. The van der Waals surface area contributed by atoms with Gasteiger partial charge < -0.3 is 10.4 Å². The summed E-state index contributed by atoms with van der Waals surface area (Å²) in [7, 11) is 0. The fourth-order valence-electron chi connectivity index (χ4n) is 2.16. The van der Waals surface area contributed by atoms with Crippen LogP contribution in [0.5, 0.6) is 0 Å². The fourth-order valence-corrected chi connectivity index (χ4v) is 2.92. The maximum atomic E-state index is 11.0. The van der Waals surface area contributed by atoms with Gasteiger partial charge in [-0.1, -0.05) is 44.2 Å². The highest BCUT2D eigenvalue weighted by Gasteiger charge is 2.20. The van der Waals surface area contributed by atoms with Crippen LogP contribution in [0, 0.1) is 0 Å². The van der Waals surface area contributed by atoms with Crippen LogP contribution in [0.25, 0.3) is 0 Å². The Labute approximate surface area is 123 Å². The number of thiophene rings is 1. The van der Waals surface area contributed by atoms with Crippen LogP contribution in [0.3, 0.4) is 0 Å². The number of benzene rings is 1. The van der Waals surface area contributed by atoms with Gasteiger partial charge in [0, 0.05) is 18.5 Å². The lowest BCUT2D eigenvalue weighted by Crippen LogP contribution is -2.32. The topological polar surface area (TPSA) is 49.3 Å². The van der Waals surface area contributed by atoms with Crippen molar-refractivity contribution in [1.29, 1.82) is 0 Å². The minimum atomic E-state index is -0.848. The van der Waals surface area contributed by atoms with Crippen LogP contribution in [0.15, 0.2) is 41.8 Å². The molecule has 1 aromatic carbocycles. The van der Waals surface area contributed by atoms with Gasteiger partial charge in [0.15, 0.2) is 0 Å². The second kappa shape index (κ2) is 6.20. The third-order valence-corrected chi connectivity index (χ3v) is 4.32. The molecule has 0 atom stereocenters. The van der Waals surface area contributed by atoms with E-state index in [0.29, 0.717) is 11.4 Å². The van der Waals surface area contributed by atoms with Crippen LogP contribution in [0.1, 0.15) is 34.6 Å². The van der Waals surface area contributed by atoms with Crippen molar-refractivity contribution in [3.05, 3.63) is 57.8 Å². The quantitative estimate of drug-likeness (QED) is 0.855. The smallest absolute Gasteiger partial charge is 0.346 e. The Morgan fingerprint density at radius 3 is 2.60 bits per heavy atom. The molecule has 1 heterocycles. The van der Waals surface area contributed by atoms with Gasteiger partial charge in [-0.25, -0.2) is 4.79 Å². The third kappa shape index (κ3) is 3.46. The van der Waals surface area contributed by atoms with Gasteiger partial charge in [0.25, 0.3) is 0 Å². The molecule has 0 aliphatic rings. The molecule has 0 bridgehead atoms. The van der Waals surface area contributed by atoms with Gasteiger partial charge in [0.1, 0.15) is 4.88 Å². The van der Waals surface area contributed by atoms with Crippen molar-refractivity contribution in [3.63, 3.8) is 0 Å². The van der Waals surface area contributed by atoms with Gasteiger partial charge in [0.2, 0.25) is 0 Å². The van der Waals surface area contributed by atoms with Crippen LogP contribution in [0.2, 0.25) is 0 Å². The molecular formula is C16H19NO2S. The maximum absolute atomic E-state index is 11.0. The minimum Gasteiger partial charge on any atom is -0.477 e. The van der Waals surface area contributed by atoms with Crippen LogP contribution >= 0.6 is 11.3 Å². The standard InChI is InChI=1S/C16H19NO2S/c1-16(2,13-6-4-3-5-7-13)11-17-10-12-8-9-20-14(12)15(18)19/h3-9,17H,10-11H2,1-2H3,(H,18,19). The van der Waals surface area contributed by atoms with Crippen molar-refractivity contribution < 1.29 is 9.90 Å². The first-order valence-corrected chi connectivity index (χ1v) is 7.44. The van der Waals surface area contributed by atoms with E-state index in [0.717, 1.165) is 12.1 Å². The van der Waals surface area contributed by atoms with E-state index in [1.165, 1.54) is 16.9 Å². The highest BCUT2D eigenvalue weighted by atomic mass is 32.1. The van der Waals surface area contributed by atoms with Gasteiger partial charge in [-0.15, -0.1) is 11.3 Å². The fraction of sp³-hybridized carbons (Fsp3) is 0.312. The maximum Gasteiger partial charge on any atom is 0.346 e. The molecule has 0 radical (unpaired) electrons. The van der Waals surface area contributed by atoms with Crippen molar-refractivity contribution >= 4 is 17.3 Å². The van der Waals surface area contributed by atoms with Crippen molar-refractivity contribution in [2.45, 2.75) is 25.8 Å². The number of hydrogen-bond acceptors (Lipinski definition) is 3. The van der Waals surface area contributed by atoms with E-state index in [1.807, 2.05) is 29.6 Å². The molecule has 1 aromatic heterocycles. The molecule has 0 saturated heterocycles. The first-order valence-electron chi connectivity index (χ1n) is 6.56. The lowest BCUT2D eigenvalue weighted by Gasteiger charge is -2.25. The number of carboxylic acids is 1. The van der Waals surface area contributed by atoms with Crippen molar-refractivity contribution in [1.82, 2.24) is 5.32 Å². The monoisotopic (exact) mass is 289 g/mol. The van der Waals surface area contributed by atoms with Crippen molar-refractivity contribution in [2.24, 2.45) is 0 Å². The summed E-state index contributed by atoms with van der Waals surface area (Å²) in [5.41, 5.74) is 2.14. The summed E-state index contributed by atoms with van der Waals surface area (Å²) in [6.45, 7) is 5.75. The summed E-state index contributed by atoms with van der Waals surface area (Å²) >= 11 is 1.27. The summed E-state index contributed by atoms with van der Waals surface area (Å²) in [6, 6.07) is 12.2. The molecule has 0 unspecified atom stereocenters. The van der Waals surface area contributed by atoms with Gasteiger partial charge in [-0.3, -0.25) is 0 Å². The third-order valence-electron chi connectivity index (χ3n) is 3.38. The lowest BCUT2D eigenvalue weighted by atomic mass is 9.84. The van der Waals surface area contributed by atoms with E-state index in [-0.39, 0.29) is 5.41 Å². The van der Waals surface area contributed by atoms with Gasteiger partial charge in [-0.2, -0.15) is 0 Å². The molecule has 2 rings (SSSR count). The molecule has 0 spiro atoms. The lowest BCUT2D eigenvalue weighted by molar-refractivity contribution is 0.0701. The average Bonchev–Trinajstić information content (AvgIpc) is 2.88. The Kier molecular flexibility index (Phi) is 4.57. The normalized spacial score (nSPS) is 11.5. The van der Waals surface area contributed by atoms with Crippen LogP contribution in [-0.4, -0.2) is 17.6 Å². The predicted octanol–water partition coefficient (Wildman–Crippen LogP) is 3.51. The summed E-state index contributed by atoms with van der Waals surface area (Å²) in [5, 5.41) is 14.3. The Morgan fingerprint density at radius 2 is 1.95 bits per heavy atom. The Balaban J connectivity index is 1.96. The number of carbonyl (C=O) groups is 1. The van der Waals surface area contributed by atoms with E-state index in [9.17, 15) is 4.79 Å². The number of carboxylic acid groups (broad SMARTS) is 1. The Morgan fingerprint density at radius 1 is 1.25 bits per heavy atom. The second-order valence-electron chi connectivity index (χ2n) is 5.43. The van der Waals surface area contributed by atoms with Crippen LogP contribution in [-0.2, 0) is 12.0 Å². The van der Waals surface area contributed by atoms with Crippen molar-refractivity contribution in [3.8, 4) is 0 Å². The average molecular weight is 289 g/mol. The predicted molar refractivity (Wildman–Crippen MR) is 82.5 cm³/mol. The zero-order valence-corrected chi connectivity index (χ0v) is 12.5. The number of rotatable bonds is 6. The van der Waals surface area contributed by atoms with Gasteiger partial charge >= 0.3 is 5.97 Å². The summed E-state index contributed by atoms with van der Waals surface area (Å²) in [5.74, 6) is -0.848. The summed E-state index contributed by atoms with van der Waals surface area (Å²) in [4.78, 5) is 11.5. The number of hydrogen-bond donors (Lipinski definition) is 2. The minimum absolute atomic E-state index is 0.0146. The zero-order chi connectivity index (χ0) is 14.6. The first-order chi connectivity index (χ1) is 9.50. The molecule has 2 aromatic rings. The molecule has 0 amide bonds. The first kappa shape index (κ1) is 14.8. The molecule has 3 nitrogen and oxygen atoms in total. The number of nitrogens with one attached hydrogen (secondary N) is 1. The second-order valence-corrected chi connectivity index (χ2v) is 6.35. The van der Waals surface area contributed by atoms with Gasteiger partial charge in [0.05, 0.1) is 0 Å². The molecule has 2 N–H and O–H groups in total. The van der Waals surface area contributed by atoms with Gasteiger partial charge in [-0.05, 0) is 22.6 Å². The molecule has 0 aliphatic heterocycles.